The molecule has 0 amide bonds. The number of sulfone groups is 1. The van der Waals surface area contributed by atoms with Crippen molar-refractivity contribution in [1.29, 1.82) is 0 Å². The molecule has 0 bridgehead atoms. The maximum absolute atomic E-state index is 12.2. The van der Waals surface area contributed by atoms with E-state index in [-0.39, 0.29) is 4.90 Å². The number of benzene rings is 1. The van der Waals surface area contributed by atoms with Crippen LogP contribution in [0.25, 0.3) is 0 Å². The summed E-state index contributed by atoms with van der Waals surface area (Å²) in [4.78, 5) is 0.183. The van der Waals surface area contributed by atoms with Crippen LogP contribution in [0.15, 0.2) is 35.2 Å². The summed E-state index contributed by atoms with van der Waals surface area (Å²) in [5.41, 5.74) is 5.81. The second kappa shape index (κ2) is 4.19. The molecule has 0 aromatic heterocycles. The minimum atomic E-state index is -3.65. The van der Waals surface area contributed by atoms with E-state index in [2.05, 4.69) is 5.32 Å². The standard InChI is InChI=1S/C8H8N2O2S4/c9-8(10-7(13)14-15-8)16(11,12)6-4-2-1-3-5-6/h1-5H,9H2,(H,10,13). The van der Waals surface area contributed by atoms with Crippen LogP contribution in [0.2, 0.25) is 0 Å². The molecule has 1 fully saturated rings. The second-order valence-electron chi connectivity index (χ2n) is 3.06. The molecule has 4 nitrogen and oxygen atoms in total. The van der Waals surface area contributed by atoms with Crippen LogP contribution < -0.4 is 11.1 Å². The van der Waals surface area contributed by atoms with Gasteiger partial charge in [0.05, 0.1) is 4.90 Å². The lowest BCUT2D eigenvalue weighted by atomic mass is 10.4. The Kier molecular flexibility index (Phi) is 3.19. The Bertz CT molecular complexity index is 516. The number of rotatable bonds is 2. The van der Waals surface area contributed by atoms with Crippen molar-refractivity contribution in [2.24, 2.45) is 5.73 Å². The van der Waals surface area contributed by atoms with E-state index in [9.17, 15) is 8.42 Å². The van der Waals surface area contributed by atoms with Gasteiger partial charge in [0, 0.05) is 0 Å². The molecule has 1 aliphatic rings. The third kappa shape index (κ3) is 1.95. The molecule has 1 heterocycles. The van der Waals surface area contributed by atoms with E-state index >= 15 is 0 Å². The van der Waals surface area contributed by atoms with Crippen LogP contribution in [0, 0.1) is 0 Å². The van der Waals surface area contributed by atoms with Gasteiger partial charge in [-0.3, -0.25) is 5.73 Å². The van der Waals surface area contributed by atoms with Crippen LogP contribution in [0.1, 0.15) is 0 Å². The second-order valence-corrected chi connectivity index (χ2v) is 8.50. The number of nitrogens with two attached hydrogens (primary N) is 1. The van der Waals surface area contributed by atoms with Crippen molar-refractivity contribution in [2.45, 2.75) is 9.22 Å². The fourth-order valence-electron chi connectivity index (χ4n) is 1.17. The third-order valence-corrected chi connectivity index (χ3v) is 7.88. The van der Waals surface area contributed by atoms with Gasteiger partial charge < -0.3 is 5.32 Å². The predicted molar refractivity (Wildman–Crippen MR) is 71.5 cm³/mol. The van der Waals surface area contributed by atoms with Crippen molar-refractivity contribution in [3.05, 3.63) is 30.3 Å². The Hall–Kier alpha value is -0.280. The minimum Gasteiger partial charge on any atom is -0.330 e. The zero-order chi connectivity index (χ0) is 11.8. The minimum absolute atomic E-state index is 0.183. The van der Waals surface area contributed by atoms with Crippen LogP contribution in [-0.4, -0.2) is 17.1 Å². The highest BCUT2D eigenvalue weighted by Crippen LogP contribution is 2.43. The third-order valence-electron chi connectivity index (χ3n) is 1.97. The van der Waals surface area contributed by atoms with Crippen molar-refractivity contribution in [1.82, 2.24) is 5.32 Å². The highest BCUT2D eigenvalue weighted by molar-refractivity contribution is 8.86. The summed E-state index contributed by atoms with van der Waals surface area (Å²) in [6.07, 6.45) is 0. The van der Waals surface area contributed by atoms with Crippen LogP contribution in [0.3, 0.4) is 0 Å². The van der Waals surface area contributed by atoms with E-state index in [4.69, 9.17) is 18.0 Å². The highest BCUT2D eigenvalue weighted by atomic mass is 33.1. The van der Waals surface area contributed by atoms with Crippen LogP contribution in [-0.2, 0) is 9.84 Å². The average Bonchev–Trinajstić information content (AvgIpc) is 2.62. The molecule has 8 heteroatoms. The largest absolute Gasteiger partial charge is 0.330 e. The number of nitrogens with one attached hydrogen (secondary N) is 1. The molecule has 1 saturated heterocycles. The van der Waals surface area contributed by atoms with Crippen LogP contribution in [0.5, 0.6) is 0 Å². The van der Waals surface area contributed by atoms with Gasteiger partial charge in [-0.05, 0) is 33.7 Å². The molecule has 1 aromatic rings. The van der Waals surface area contributed by atoms with Crippen LogP contribution >= 0.6 is 33.8 Å². The fourth-order valence-corrected chi connectivity index (χ4v) is 6.15. The summed E-state index contributed by atoms with van der Waals surface area (Å²) in [5.74, 6) is 0. The summed E-state index contributed by atoms with van der Waals surface area (Å²) in [6.45, 7) is 0. The lowest BCUT2D eigenvalue weighted by Crippen LogP contribution is -2.54. The Morgan fingerprint density at radius 1 is 1.31 bits per heavy atom. The topological polar surface area (TPSA) is 72.2 Å². The first-order valence-electron chi connectivity index (χ1n) is 4.22. The number of hydrogen-bond acceptors (Lipinski definition) is 6. The maximum atomic E-state index is 12.2. The summed E-state index contributed by atoms with van der Waals surface area (Å²) in [5, 5.41) is 2.62. The van der Waals surface area contributed by atoms with E-state index in [1.165, 1.54) is 12.1 Å². The monoisotopic (exact) mass is 292 g/mol. The van der Waals surface area contributed by atoms with Crippen molar-refractivity contribution in [2.75, 3.05) is 0 Å². The van der Waals surface area contributed by atoms with Crippen molar-refractivity contribution in [3.8, 4) is 0 Å². The lowest BCUT2D eigenvalue weighted by molar-refractivity contribution is 0.568. The molecule has 0 saturated carbocycles. The van der Waals surface area contributed by atoms with Gasteiger partial charge in [0.1, 0.15) is 4.32 Å². The Balaban J connectivity index is 2.44. The fraction of sp³-hybridized carbons (Fsp3) is 0.125. The van der Waals surface area contributed by atoms with Crippen LogP contribution in [0.4, 0.5) is 0 Å². The predicted octanol–water partition coefficient (Wildman–Crippen LogP) is 1.30. The van der Waals surface area contributed by atoms with Crippen molar-refractivity contribution < 1.29 is 8.42 Å². The van der Waals surface area contributed by atoms with Gasteiger partial charge in [0.2, 0.25) is 9.84 Å². The zero-order valence-corrected chi connectivity index (χ0v) is 11.2. The van der Waals surface area contributed by atoms with E-state index in [1.807, 2.05) is 0 Å². The number of hydrogen-bond donors (Lipinski definition) is 2. The summed E-state index contributed by atoms with van der Waals surface area (Å²) in [7, 11) is -1.48. The average molecular weight is 292 g/mol. The first kappa shape index (κ1) is 12.2. The van der Waals surface area contributed by atoms with E-state index in [0.717, 1.165) is 21.6 Å². The molecule has 0 aliphatic carbocycles. The highest BCUT2D eigenvalue weighted by Gasteiger charge is 2.47. The first-order chi connectivity index (χ1) is 7.46. The van der Waals surface area contributed by atoms with Gasteiger partial charge in [-0.15, -0.1) is 0 Å². The molecule has 1 atom stereocenters. The van der Waals surface area contributed by atoms with Gasteiger partial charge >= 0.3 is 0 Å². The normalized spacial score (nSPS) is 25.4. The van der Waals surface area contributed by atoms with E-state index in [1.54, 1.807) is 18.2 Å². The molecule has 86 valence electrons. The first-order valence-corrected chi connectivity index (χ1v) is 8.26. The molecule has 2 rings (SSSR count). The van der Waals surface area contributed by atoms with Gasteiger partial charge in [0.15, 0.2) is 0 Å². The smallest absolute Gasteiger partial charge is 0.255 e. The molecule has 1 aromatic carbocycles. The van der Waals surface area contributed by atoms with Gasteiger partial charge in [0.25, 0.3) is 4.33 Å². The van der Waals surface area contributed by atoms with Gasteiger partial charge in [-0.1, -0.05) is 30.4 Å². The summed E-state index contributed by atoms with van der Waals surface area (Å²) < 4.78 is 23.2. The lowest BCUT2D eigenvalue weighted by Gasteiger charge is -2.22. The Morgan fingerprint density at radius 3 is 2.44 bits per heavy atom. The maximum Gasteiger partial charge on any atom is 0.255 e. The SMILES string of the molecule is NC1(S(=O)(=O)c2ccccc2)NC(=S)SS1. The molecular formula is C8H8N2O2S4. The molecule has 16 heavy (non-hydrogen) atoms. The molecule has 0 radical (unpaired) electrons. The van der Waals surface area contributed by atoms with E-state index < -0.39 is 14.2 Å². The zero-order valence-electron chi connectivity index (χ0n) is 7.91. The van der Waals surface area contributed by atoms with E-state index in [0.29, 0.717) is 4.32 Å². The summed E-state index contributed by atoms with van der Waals surface area (Å²) >= 11 is 4.87. The van der Waals surface area contributed by atoms with Crippen molar-refractivity contribution >= 4 is 48.0 Å². The molecule has 1 aliphatic heterocycles. The molecule has 3 N–H and O–H groups in total. The van der Waals surface area contributed by atoms with Gasteiger partial charge in [-0.2, -0.15) is 0 Å². The molecule has 0 spiro atoms. The number of thiocarbonyl (C=S) groups is 1. The molecular weight excluding hydrogens is 284 g/mol. The van der Waals surface area contributed by atoms with Crippen molar-refractivity contribution in [3.63, 3.8) is 0 Å². The Labute approximate surface area is 107 Å². The Morgan fingerprint density at radius 2 is 1.94 bits per heavy atom. The quantitative estimate of drug-likeness (QED) is 0.629. The molecule has 1 unspecified atom stereocenters. The van der Waals surface area contributed by atoms with Gasteiger partial charge in [-0.25, -0.2) is 8.42 Å². The summed E-state index contributed by atoms with van der Waals surface area (Å²) in [6, 6.07) is 8.08.